The molecule has 0 saturated heterocycles. The van der Waals surface area contributed by atoms with Gasteiger partial charge >= 0.3 is 29.6 Å². The SMILES string of the molecule is O=[PH](O)c1c2ccccc2cc2ccccc12.[NaH]. The summed E-state index contributed by atoms with van der Waals surface area (Å²) < 4.78 is 11.6. The van der Waals surface area contributed by atoms with Gasteiger partial charge in [-0.2, -0.15) is 0 Å². The normalized spacial score (nSPS) is 12.3. The van der Waals surface area contributed by atoms with Crippen molar-refractivity contribution in [2.75, 3.05) is 0 Å². The third kappa shape index (κ3) is 2.27. The van der Waals surface area contributed by atoms with Crippen molar-refractivity contribution in [3.63, 3.8) is 0 Å². The van der Waals surface area contributed by atoms with Crippen molar-refractivity contribution in [3.8, 4) is 0 Å². The maximum absolute atomic E-state index is 11.6. The van der Waals surface area contributed by atoms with Crippen LogP contribution in [0, 0.1) is 0 Å². The Morgan fingerprint density at radius 1 is 0.833 bits per heavy atom. The Bertz CT molecular complexity index is 686. The fourth-order valence-corrected chi connectivity index (χ4v) is 3.16. The summed E-state index contributed by atoms with van der Waals surface area (Å²) in [6, 6.07) is 17.5. The Hall–Kier alpha value is -0.630. The molecule has 2 nitrogen and oxygen atoms in total. The summed E-state index contributed by atoms with van der Waals surface area (Å²) in [6.07, 6.45) is 0. The molecule has 0 bridgehead atoms. The molecule has 0 aliphatic heterocycles. The molecule has 0 aliphatic carbocycles. The molecule has 1 unspecified atom stereocenters. The standard InChI is InChI=1S/C14H11O2P.Na.H/c15-17(16)14-12-7-3-1-5-10(12)9-11-6-2-4-8-13(11)14;;/h1-9,17H,(H,15,16);;. The van der Waals surface area contributed by atoms with Crippen LogP contribution in [-0.4, -0.2) is 34.5 Å². The van der Waals surface area contributed by atoms with Crippen molar-refractivity contribution >= 4 is 64.4 Å². The van der Waals surface area contributed by atoms with Gasteiger partial charge in [-0.15, -0.1) is 0 Å². The molecule has 0 spiro atoms. The minimum absolute atomic E-state index is 0. The predicted octanol–water partition coefficient (Wildman–Crippen LogP) is 2.44. The van der Waals surface area contributed by atoms with Crippen molar-refractivity contribution in [1.29, 1.82) is 0 Å². The van der Waals surface area contributed by atoms with Crippen molar-refractivity contribution in [2.45, 2.75) is 0 Å². The Kier molecular flexibility index (Phi) is 4.26. The molecule has 0 aliphatic rings. The van der Waals surface area contributed by atoms with Gasteiger partial charge < -0.3 is 4.89 Å². The monoisotopic (exact) mass is 266 g/mol. The van der Waals surface area contributed by atoms with Crippen LogP contribution in [0.2, 0.25) is 0 Å². The van der Waals surface area contributed by atoms with Gasteiger partial charge in [-0.05, 0) is 27.6 Å². The van der Waals surface area contributed by atoms with Gasteiger partial charge in [-0.1, -0.05) is 48.5 Å². The molecule has 0 radical (unpaired) electrons. The third-order valence-corrected chi connectivity index (χ3v) is 3.95. The molecule has 3 aromatic rings. The quantitative estimate of drug-likeness (QED) is 0.417. The van der Waals surface area contributed by atoms with E-state index in [-0.39, 0.29) is 29.6 Å². The molecule has 86 valence electrons. The molecule has 3 aromatic carbocycles. The van der Waals surface area contributed by atoms with E-state index < -0.39 is 8.03 Å². The van der Waals surface area contributed by atoms with Crippen LogP contribution in [0.1, 0.15) is 0 Å². The van der Waals surface area contributed by atoms with E-state index in [9.17, 15) is 9.46 Å². The van der Waals surface area contributed by atoms with Crippen LogP contribution >= 0.6 is 8.03 Å². The Labute approximate surface area is 128 Å². The zero-order valence-electron chi connectivity index (χ0n) is 9.05. The van der Waals surface area contributed by atoms with E-state index in [1.807, 2.05) is 48.5 Å². The average molecular weight is 266 g/mol. The predicted molar refractivity (Wildman–Crippen MR) is 79.5 cm³/mol. The first-order valence-corrected chi connectivity index (χ1v) is 6.77. The van der Waals surface area contributed by atoms with E-state index in [0.717, 1.165) is 21.5 Å². The second-order valence-corrected chi connectivity index (χ2v) is 5.11. The summed E-state index contributed by atoms with van der Waals surface area (Å²) in [5.41, 5.74) is 0. The van der Waals surface area contributed by atoms with E-state index in [4.69, 9.17) is 0 Å². The zero-order chi connectivity index (χ0) is 11.8. The van der Waals surface area contributed by atoms with Gasteiger partial charge in [0.2, 0.25) is 8.03 Å². The van der Waals surface area contributed by atoms with Gasteiger partial charge in [-0.3, -0.25) is 4.57 Å². The zero-order valence-corrected chi connectivity index (χ0v) is 10.1. The summed E-state index contributed by atoms with van der Waals surface area (Å²) in [6.45, 7) is 0. The summed E-state index contributed by atoms with van der Waals surface area (Å²) in [7, 11) is -2.71. The van der Waals surface area contributed by atoms with Gasteiger partial charge in [-0.25, -0.2) is 0 Å². The van der Waals surface area contributed by atoms with Crippen LogP contribution in [0.3, 0.4) is 0 Å². The summed E-state index contributed by atoms with van der Waals surface area (Å²) in [5, 5.41) is 4.33. The van der Waals surface area contributed by atoms with Crippen molar-refractivity contribution < 1.29 is 9.46 Å². The first-order valence-electron chi connectivity index (χ1n) is 5.41. The Balaban J connectivity index is 0.00000120. The number of rotatable bonds is 1. The van der Waals surface area contributed by atoms with Crippen LogP contribution in [0.5, 0.6) is 0 Å². The molecule has 0 heterocycles. The fraction of sp³-hybridized carbons (Fsp3) is 0. The molecule has 18 heavy (non-hydrogen) atoms. The Morgan fingerprint density at radius 3 is 1.72 bits per heavy atom. The molecule has 0 fully saturated rings. The molecular weight excluding hydrogens is 254 g/mol. The molecule has 0 aromatic heterocycles. The van der Waals surface area contributed by atoms with Gasteiger partial charge in [0.15, 0.2) is 0 Å². The van der Waals surface area contributed by atoms with Crippen LogP contribution in [0.25, 0.3) is 21.5 Å². The summed E-state index contributed by atoms with van der Waals surface area (Å²) >= 11 is 0. The van der Waals surface area contributed by atoms with Crippen LogP contribution in [0.15, 0.2) is 54.6 Å². The van der Waals surface area contributed by atoms with Crippen LogP contribution in [-0.2, 0) is 4.57 Å². The second kappa shape index (κ2) is 5.56. The first-order chi connectivity index (χ1) is 8.27. The molecule has 0 saturated carbocycles. The molecule has 0 amide bonds. The fourth-order valence-electron chi connectivity index (χ4n) is 2.24. The van der Waals surface area contributed by atoms with Gasteiger partial charge in [0.05, 0.1) is 0 Å². The first kappa shape index (κ1) is 13.8. The summed E-state index contributed by atoms with van der Waals surface area (Å²) in [4.78, 5) is 9.57. The number of benzene rings is 3. The Morgan fingerprint density at radius 2 is 1.28 bits per heavy atom. The van der Waals surface area contributed by atoms with Gasteiger partial charge in [0.1, 0.15) is 0 Å². The minimum atomic E-state index is -2.71. The number of hydrogen-bond acceptors (Lipinski definition) is 1. The van der Waals surface area contributed by atoms with E-state index in [1.54, 1.807) is 0 Å². The maximum atomic E-state index is 11.6. The number of hydrogen-bond donors (Lipinski definition) is 1. The van der Waals surface area contributed by atoms with E-state index in [0.29, 0.717) is 5.30 Å². The molecule has 1 N–H and O–H groups in total. The molecule has 4 heteroatoms. The van der Waals surface area contributed by atoms with Gasteiger partial charge in [0, 0.05) is 5.30 Å². The van der Waals surface area contributed by atoms with E-state index >= 15 is 0 Å². The van der Waals surface area contributed by atoms with E-state index in [1.165, 1.54) is 0 Å². The third-order valence-electron chi connectivity index (χ3n) is 2.99. The van der Waals surface area contributed by atoms with E-state index in [2.05, 4.69) is 6.07 Å². The van der Waals surface area contributed by atoms with Crippen molar-refractivity contribution in [2.24, 2.45) is 0 Å². The number of fused-ring (bicyclic) bond motifs is 2. The van der Waals surface area contributed by atoms with Crippen LogP contribution < -0.4 is 5.30 Å². The molecule has 3 rings (SSSR count). The van der Waals surface area contributed by atoms with Gasteiger partial charge in [0.25, 0.3) is 0 Å². The van der Waals surface area contributed by atoms with Crippen molar-refractivity contribution in [1.82, 2.24) is 0 Å². The summed E-state index contributed by atoms with van der Waals surface area (Å²) in [5.74, 6) is 0. The molecule has 1 atom stereocenters. The molecular formula is C14H12NaO2P. The second-order valence-electron chi connectivity index (χ2n) is 4.00. The topological polar surface area (TPSA) is 37.3 Å². The van der Waals surface area contributed by atoms with Crippen LogP contribution in [0.4, 0.5) is 0 Å². The average Bonchev–Trinajstić information content (AvgIpc) is 2.35. The van der Waals surface area contributed by atoms with Crippen molar-refractivity contribution in [3.05, 3.63) is 54.6 Å².